The number of aromatic nitrogens is 1. The number of amides is 2. The summed E-state index contributed by atoms with van der Waals surface area (Å²) in [6.45, 7) is 1.50. The van der Waals surface area contributed by atoms with Crippen molar-refractivity contribution in [1.82, 2.24) is 9.88 Å². The normalized spacial score (nSPS) is 13.4. The first-order valence-corrected chi connectivity index (χ1v) is 8.40. The molecule has 136 valence electrons. The highest BCUT2D eigenvalue weighted by Gasteiger charge is 2.21. The third-order valence-corrected chi connectivity index (χ3v) is 4.30. The Balaban J connectivity index is 1.78. The van der Waals surface area contributed by atoms with Gasteiger partial charge in [-0.05, 0) is 31.0 Å². The second-order valence-corrected chi connectivity index (χ2v) is 5.98. The van der Waals surface area contributed by atoms with Gasteiger partial charge in [-0.15, -0.1) is 0 Å². The number of hydrogen-bond donors (Lipinski definition) is 1. The lowest BCUT2D eigenvalue weighted by atomic mass is 10.1. The Kier molecular flexibility index (Phi) is 5.36. The van der Waals surface area contributed by atoms with Gasteiger partial charge in [-0.2, -0.15) is 0 Å². The average molecular weight is 355 g/mol. The van der Waals surface area contributed by atoms with Crippen LogP contribution in [-0.2, 0) is 0 Å². The van der Waals surface area contributed by atoms with E-state index >= 15 is 0 Å². The first-order valence-electron chi connectivity index (χ1n) is 8.40. The Morgan fingerprint density at radius 1 is 1.04 bits per heavy atom. The van der Waals surface area contributed by atoms with Gasteiger partial charge < -0.3 is 19.7 Å². The van der Waals surface area contributed by atoms with Crippen LogP contribution in [-0.4, -0.2) is 49.0 Å². The maximum absolute atomic E-state index is 12.6. The van der Waals surface area contributed by atoms with Crippen LogP contribution in [0.5, 0.6) is 11.5 Å². The quantitative estimate of drug-likeness (QED) is 0.892. The van der Waals surface area contributed by atoms with Crippen LogP contribution in [0.1, 0.15) is 33.6 Å². The van der Waals surface area contributed by atoms with Crippen LogP contribution in [0, 0.1) is 0 Å². The van der Waals surface area contributed by atoms with Crippen molar-refractivity contribution in [3.63, 3.8) is 0 Å². The minimum Gasteiger partial charge on any atom is -0.497 e. The third kappa shape index (κ3) is 3.77. The largest absolute Gasteiger partial charge is 0.497 e. The highest BCUT2D eigenvalue weighted by Crippen LogP contribution is 2.29. The Bertz CT molecular complexity index is 816. The Morgan fingerprint density at radius 3 is 2.46 bits per heavy atom. The van der Waals surface area contributed by atoms with Gasteiger partial charge in [0.05, 0.1) is 31.0 Å². The fourth-order valence-corrected chi connectivity index (χ4v) is 2.88. The summed E-state index contributed by atoms with van der Waals surface area (Å²) in [7, 11) is 3.07. The van der Waals surface area contributed by atoms with E-state index in [0.29, 0.717) is 28.3 Å². The van der Waals surface area contributed by atoms with Crippen LogP contribution >= 0.6 is 0 Å². The number of ether oxygens (including phenoxy) is 2. The molecule has 1 aromatic carbocycles. The number of nitrogens with one attached hydrogen (secondary N) is 1. The molecule has 1 aliphatic heterocycles. The Labute approximate surface area is 151 Å². The van der Waals surface area contributed by atoms with Crippen LogP contribution in [0.2, 0.25) is 0 Å². The second-order valence-electron chi connectivity index (χ2n) is 5.98. The smallest absolute Gasteiger partial charge is 0.257 e. The lowest BCUT2D eigenvalue weighted by Crippen LogP contribution is -2.28. The van der Waals surface area contributed by atoms with Crippen LogP contribution < -0.4 is 14.8 Å². The summed E-state index contributed by atoms with van der Waals surface area (Å²) < 4.78 is 10.4. The van der Waals surface area contributed by atoms with Crippen molar-refractivity contribution in [3.05, 3.63) is 47.8 Å². The molecule has 2 aromatic rings. The van der Waals surface area contributed by atoms with E-state index in [1.54, 1.807) is 36.3 Å². The molecular formula is C19H21N3O4. The van der Waals surface area contributed by atoms with Crippen molar-refractivity contribution in [2.45, 2.75) is 12.8 Å². The van der Waals surface area contributed by atoms with Crippen molar-refractivity contribution in [2.75, 3.05) is 32.6 Å². The minimum atomic E-state index is -0.364. The van der Waals surface area contributed by atoms with Crippen molar-refractivity contribution < 1.29 is 19.1 Å². The number of anilines is 1. The van der Waals surface area contributed by atoms with Crippen molar-refractivity contribution in [1.29, 1.82) is 0 Å². The molecule has 1 N–H and O–H groups in total. The van der Waals surface area contributed by atoms with E-state index in [0.717, 1.165) is 25.9 Å². The maximum Gasteiger partial charge on any atom is 0.257 e. The van der Waals surface area contributed by atoms with Gasteiger partial charge in [0.15, 0.2) is 0 Å². The summed E-state index contributed by atoms with van der Waals surface area (Å²) in [6.07, 6.45) is 4.95. The number of likely N-dealkylation sites (tertiary alicyclic amines) is 1. The summed E-state index contributed by atoms with van der Waals surface area (Å²) in [6, 6.07) is 6.67. The number of nitrogens with zero attached hydrogens (tertiary/aromatic N) is 2. The average Bonchev–Trinajstić information content (AvgIpc) is 3.22. The first kappa shape index (κ1) is 17.7. The first-order chi connectivity index (χ1) is 12.6. The molecule has 3 rings (SSSR count). The van der Waals surface area contributed by atoms with Gasteiger partial charge in [0.2, 0.25) is 0 Å². The molecule has 1 saturated heterocycles. The highest BCUT2D eigenvalue weighted by atomic mass is 16.5. The number of rotatable bonds is 5. The van der Waals surface area contributed by atoms with Crippen molar-refractivity contribution in [3.8, 4) is 11.5 Å². The summed E-state index contributed by atoms with van der Waals surface area (Å²) in [5.41, 5.74) is 1.24. The number of methoxy groups -OCH3 is 2. The molecule has 2 heterocycles. The standard InChI is InChI=1S/C19H21N3O4/c1-25-15-5-6-16(17(10-15)26-2)21-18(23)13-9-14(12-20-11-13)19(24)22-7-3-4-8-22/h5-6,9-12H,3-4,7-8H2,1-2H3,(H,21,23). The van der Waals surface area contributed by atoms with E-state index in [4.69, 9.17) is 9.47 Å². The summed E-state index contributed by atoms with van der Waals surface area (Å²) in [4.78, 5) is 30.9. The van der Waals surface area contributed by atoms with E-state index in [1.807, 2.05) is 0 Å². The molecule has 0 aliphatic carbocycles. The summed E-state index contributed by atoms with van der Waals surface area (Å²) >= 11 is 0. The minimum absolute atomic E-state index is 0.0910. The maximum atomic E-state index is 12.6. The lowest BCUT2D eigenvalue weighted by molar-refractivity contribution is 0.0792. The molecule has 7 heteroatoms. The van der Waals surface area contributed by atoms with Crippen LogP contribution in [0.25, 0.3) is 0 Å². The molecule has 2 amide bonds. The lowest BCUT2D eigenvalue weighted by Gasteiger charge is -2.15. The monoisotopic (exact) mass is 355 g/mol. The highest BCUT2D eigenvalue weighted by molar-refractivity contribution is 6.06. The number of carbonyl (C=O) groups is 2. The molecule has 7 nitrogen and oxygen atoms in total. The van der Waals surface area contributed by atoms with Crippen molar-refractivity contribution >= 4 is 17.5 Å². The van der Waals surface area contributed by atoms with Crippen LogP contribution in [0.3, 0.4) is 0 Å². The van der Waals surface area contributed by atoms with Gasteiger partial charge >= 0.3 is 0 Å². The van der Waals surface area contributed by atoms with E-state index in [9.17, 15) is 9.59 Å². The zero-order chi connectivity index (χ0) is 18.5. The van der Waals surface area contributed by atoms with Crippen LogP contribution in [0.4, 0.5) is 5.69 Å². The summed E-state index contributed by atoms with van der Waals surface area (Å²) in [5.74, 6) is 0.651. The molecule has 0 unspecified atom stereocenters. The topological polar surface area (TPSA) is 80.8 Å². The van der Waals surface area contributed by atoms with Gasteiger partial charge in [-0.1, -0.05) is 0 Å². The molecule has 0 atom stereocenters. The van der Waals surface area contributed by atoms with E-state index in [1.165, 1.54) is 19.5 Å². The van der Waals surface area contributed by atoms with Gasteiger partial charge in [-0.25, -0.2) is 0 Å². The molecule has 1 aromatic heterocycles. The zero-order valence-electron chi connectivity index (χ0n) is 14.8. The number of hydrogen-bond acceptors (Lipinski definition) is 5. The second kappa shape index (κ2) is 7.86. The van der Waals surface area contributed by atoms with Gasteiger partial charge in [0.1, 0.15) is 11.5 Å². The van der Waals surface area contributed by atoms with Gasteiger partial charge in [0, 0.05) is 31.5 Å². The van der Waals surface area contributed by atoms with Crippen molar-refractivity contribution in [2.24, 2.45) is 0 Å². The molecule has 1 aliphatic rings. The predicted molar refractivity (Wildman–Crippen MR) is 96.9 cm³/mol. The van der Waals surface area contributed by atoms with Gasteiger partial charge in [-0.3, -0.25) is 14.6 Å². The number of pyridine rings is 1. The molecular weight excluding hydrogens is 334 g/mol. The Hall–Kier alpha value is -3.09. The number of benzene rings is 1. The molecule has 0 bridgehead atoms. The zero-order valence-corrected chi connectivity index (χ0v) is 14.8. The van der Waals surface area contributed by atoms with Crippen LogP contribution in [0.15, 0.2) is 36.7 Å². The molecule has 0 radical (unpaired) electrons. The summed E-state index contributed by atoms with van der Waals surface area (Å²) in [5, 5.41) is 2.78. The predicted octanol–water partition coefficient (Wildman–Crippen LogP) is 2.59. The van der Waals surface area contributed by atoms with E-state index < -0.39 is 0 Å². The SMILES string of the molecule is COc1ccc(NC(=O)c2cncc(C(=O)N3CCCC3)c2)c(OC)c1. The fourth-order valence-electron chi connectivity index (χ4n) is 2.88. The van der Waals surface area contributed by atoms with Gasteiger partial charge in [0.25, 0.3) is 11.8 Å². The molecule has 0 saturated carbocycles. The molecule has 0 spiro atoms. The molecule has 1 fully saturated rings. The molecule has 26 heavy (non-hydrogen) atoms. The van der Waals surface area contributed by atoms with E-state index in [-0.39, 0.29) is 11.8 Å². The fraction of sp³-hybridized carbons (Fsp3) is 0.316. The number of carbonyl (C=O) groups excluding carboxylic acids is 2. The third-order valence-electron chi connectivity index (χ3n) is 4.30. The Morgan fingerprint density at radius 2 is 1.77 bits per heavy atom. The van der Waals surface area contributed by atoms with E-state index in [2.05, 4.69) is 10.3 Å².